The van der Waals surface area contributed by atoms with Crippen LogP contribution in [0.15, 0.2) is 89.9 Å². The van der Waals surface area contributed by atoms with Gasteiger partial charge < -0.3 is 4.90 Å². The van der Waals surface area contributed by atoms with Crippen LogP contribution >= 0.6 is 23.2 Å². The first-order valence-corrected chi connectivity index (χ1v) is 13.1. The molecule has 2 aromatic heterocycles. The summed E-state index contributed by atoms with van der Waals surface area (Å²) in [4.78, 5) is 28.0. The molecule has 190 valence electrons. The summed E-state index contributed by atoms with van der Waals surface area (Å²) in [6.07, 6.45) is 2.79. The molecule has 38 heavy (non-hydrogen) atoms. The topological polar surface area (TPSA) is 72.5 Å². The molecule has 1 unspecified atom stereocenters. The van der Waals surface area contributed by atoms with Gasteiger partial charge in [0, 0.05) is 34.1 Å². The Bertz CT molecular complexity index is 1680. The quantitative estimate of drug-likeness (QED) is 0.274. The second-order valence-corrected chi connectivity index (χ2v) is 10.2. The molecule has 1 aliphatic rings. The van der Waals surface area contributed by atoms with Gasteiger partial charge in [0.15, 0.2) is 5.65 Å². The van der Waals surface area contributed by atoms with Crippen LogP contribution in [0.3, 0.4) is 0 Å². The number of halogens is 2. The van der Waals surface area contributed by atoms with E-state index in [-0.39, 0.29) is 24.2 Å². The van der Waals surface area contributed by atoms with Gasteiger partial charge in [-0.1, -0.05) is 77.8 Å². The first-order valence-electron chi connectivity index (χ1n) is 12.3. The number of amides is 1. The Morgan fingerprint density at radius 2 is 1.50 bits per heavy atom. The minimum absolute atomic E-state index is 0.0840. The van der Waals surface area contributed by atoms with Crippen LogP contribution < -0.4 is 5.69 Å². The lowest BCUT2D eigenvalue weighted by Gasteiger charge is -2.24. The van der Waals surface area contributed by atoms with Gasteiger partial charge in [-0.3, -0.25) is 4.79 Å². The Morgan fingerprint density at radius 1 is 0.842 bits per heavy atom. The molecule has 1 saturated heterocycles. The molecule has 1 atom stereocenters. The highest BCUT2D eigenvalue weighted by Gasteiger charge is 2.32. The number of carbonyl (C=O) groups excluding carboxylic acids is 1. The van der Waals surface area contributed by atoms with Crippen molar-refractivity contribution in [3.05, 3.63) is 111 Å². The van der Waals surface area contributed by atoms with Gasteiger partial charge in [0.1, 0.15) is 0 Å². The lowest BCUT2D eigenvalue weighted by Crippen LogP contribution is -2.38. The van der Waals surface area contributed by atoms with E-state index >= 15 is 0 Å². The number of carbonyl (C=O) groups is 1. The minimum Gasteiger partial charge on any atom is -0.334 e. The van der Waals surface area contributed by atoms with E-state index in [2.05, 4.69) is 5.10 Å². The van der Waals surface area contributed by atoms with Crippen molar-refractivity contribution in [1.29, 1.82) is 0 Å². The number of hydrogen-bond acceptors (Lipinski definition) is 4. The molecule has 5 aromatic rings. The fraction of sp³-hybridized carbons (Fsp3) is 0.172. The van der Waals surface area contributed by atoms with Crippen LogP contribution in [0, 0.1) is 0 Å². The van der Waals surface area contributed by atoms with Crippen molar-refractivity contribution in [2.24, 2.45) is 0 Å². The minimum atomic E-state index is -0.350. The van der Waals surface area contributed by atoms with Gasteiger partial charge in [0.05, 0.1) is 18.8 Å². The van der Waals surface area contributed by atoms with E-state index in [1.54, 1.807) is 18.3 Å². The molecular weight excluding hydrogens is 521 g/mol. The summed E-state index contributed by atoms with van der Waals surface area (Å²) >= 11 is 12.3. The van der Waals surface area contributed by atoms with E-state index in [0.29, 0.717) is 35.1 Å². The molecule has 1 aliphatic heterocycles. The van der Waals surface area contributed by atoms with E-state index in [1.165, 1.54) is 9.20 Å². The molecule has 6 rings (SSSR count). The number of fused-ring (bicyclic) bond motifs is 1. The van der Waals surface area contributed by atoms with Crippen LogP contribution in [0.25, 0.3) is 27.9 Å². The first-order chi connectivity index (χ1) is 18.5. The molecule has 0 bridgehead atoms. The molecule has 0 saturated carbocycles. The maximum atomic E-state index is 13.5. The molecule has 1 fully saturated rings. The van der Waals surface area contributed by atoms with Crippen LogP contribution in [-0.4, -0.2) is 36.2 Å². The Hall–Kier alpha value is -3.94. The summed E-state index contributed by atoms with van der Waals surface area (Å²) in [5.74, 6) is 0.0840. The number of rotatable bonds is 6. The monoisotopic (exact) mass is 543 g/mol. The van der Waals surface area contributed by atoms with Gasteiger partial charge >= 0.3 is 5.69 Å². The molecule has 0 spiro atoms. The Balaban J connectivity index is 1.43. The van der Waals surface area contributed by atoms with Crippen LogP contribution in [0.5, 0.6) is 0 Å². The van der Waals surface area contributed by atoms with Crippen molar-refractivity contribution in [3.8, 4) is 22.3 Å². The zero-order chi connectivity index (χ0) is 26.2. The van der Waals surface area contributed by atoms with Crippen LogP contribution in [0.1, 0.15) is 18.4 Å². The standard InChI is InChI=1S/C29H23Cl2N5O2/c30-22-10-6-20(7-11-22)25-16-32-36-28(27(25)21-8-12-23(31)13-9-21)33-35(29(36)38)18-24-14-15-26(37)34(24)17-19-4-2-1-3-5-19/h1-13,16,24H,14-15,17-18H2. The predicted molar refractivity (Wildman–Crippen MR) is 148 cm³/mol. The molecular formula is C29H23Cl2N5O2. The van der Waals surface area contributed by atoms with Gasteiger partial charge in [-0.05, 0) is 47.4 Å². The third kappa shape index (κ3) is 4.59. The molecule has 0 aliphatic carbocycles. The zero-order valence-corrected chi connectivity index (χ0v) is 21.8. The highest BCUT2D eigenvalue weighted by atomic mass is 35.5. The summed E-state index contributed by atoms with van der Waals surface area (Å²) in [7, 11) is 0. The number of hydrogen-bond donors (Lipinski definition) is 0. The van der Waals surface area contributed by atoms with Crippen molar-refractivity contribution in [1.82, 2.24) is 24.3 Å². The van der Waals surface area contributed by atoms with E-state index in [9.17, 15) is 9.59 Å². The number of benzene rings is 3. The number of likely N-dealkylation sites (tertiary alicyclic amines) is 1. The average Bonchev–Trinajstić information content (AvgIpc) is 3.44. The van der Waals surface area contributed by atoms with Crippen LogP contribution in [0.4, 0.5) is 0 Å². The SMILES string of the molecule is O=C1CCC(Cn2nc3c(-c4ccc(Cl)cc4)c(-c4ccc(Cl)cc4)cnn3c2=O)N1Cc1ccccc1. The molecule has 3 heterocycles. The fourth-order valence-corrected chi connectivity index (χ4v) is 5.26. The highest BCUT2D eigenvalue weighted by Crippen LogP contribution is 2.35. The summed E-state index contributed by atoms with van der Waals surface area (Å²) < 4.78 is 2.75. The molecule has 0 radical (unpaired) electrons. The normalized spacial score (nSPS) is 15.5. The number of nitrogens with zero attached hydrogens (tertiary/aromatic N) is 5. The van der Waals surface area contributed by atoms with Gasteiger partial charge in [-0.25, -0.2) is 9.48 Å². The van der Waals surface area contributed by atoms with Crippen molar-refractivity contribution < 1.29 is 4.79 Å². The number of aromatic nitrogens is 4. The van der Waals surface area contributed by atoms with Gasteiger partial charge in [0.2, 0.25) is 5.91 Å². The van der Waals surface area contributed by atoms with Crippen molar-refractivity contribution >= 4 is 34.8 Å². The summed E-state index contributed by atoms with van der Waals surface area (Å²) in [6, 6.07) is 24.6. The Labute approximate surface area is 228 Å². The third-order valence-electron chi connectivity index (χ3n) is 6.93. The predicted octanol–water partition coefficient (Wildman–Crippen LogP) is 5.72. The lowest BCUT2D eigenvalue weighted by molar-refractivity contribution is -0.129. The van der Waals surface area contributed by atoms with E-state index in [4.69, 9.17) is 28.3 Å². The average molecular weight is 544 g/mol. The van der Waals surface area contributed by atoms with E-state index < -0.39 is 0 Å². The first kappa shape index (κ1) is 24.4. The third-order valence-corrected chi connectivity index (χ3v) is 7.44. The molecule has 1 amide bonds. The van der Waals surface area contributed by atoms with Gasteiger partial charge in [-0.2, -0.15) is 9.61 Å². The van der Waals surface area contributed by atoms with Crippen LogP contribution in [-0.2, 0) is 17.9 Å². The molecule has 9 heteroatoms. The Kier molecular flexibility index (Phi) is 6.47. The van der Waals surface area contributed by atoms with Gasteiger partial charge in [0.25, 0.3) is 0 Å². The maximum absolute atomic E-state index is 13.5. The van der Waals surface area contributed by atoms with Crippen molar-refractivity contribution in [3.63, 3.8) is 0 Å². The van der Waals surface area contributed by atoms with E-state index in [0.717, 1.165) is 27.8 Å². The lowest BCUT2D eigenvalue weighted by atomic mass is 9.97. The summed E-state index contributed by atoms with van der Waals surface area (Å²) in [5, 5.41) is 10.5. The van der Waals surface area contributed by atoms with Gasteiger partial charge in [-0.15, -0.1) is 5.10 Å². The second kappa shape index (κ2) is 10.1. The van der Waals surface area contributed by atoms with Crippen molar-refractivity contribution in [2.75, 3.05) is 0 Å². The Morgan fingerprint density at radius 3 is 2.18 bits per heavy atom. The van der Waals surface area contributed by atoms with Crippen molar-refractivity contribution in [2.45, 2.75) is 32.0 Å². The largest absolute Gasteiger partial charge is 0.367 e. The second-order valence-electron chi connectivity index (χ2n) is 9.35. The fourth-order valence-electron chi connectivity index (χ4n) is 5.01. The molecule has 0 N–H and O–H groups in total. The molecule has 7 nitrogen and oxygen atoms in total. The summed E-state index contributed by atoms with van der Waals surface area (Å²) in [5.41, 5.74) is 4.46. The summed E-state index contributed by atoms with van der Waals surface area (Å²) in [6.45, 7) is 0.790. The molecule has 3 aromatic carbocycles. The maximum Gasteiger partial charge on any atom is 0.367 e. The smallest absolute Gasteiger partial charge is 0.334 e. The zero-order valence-electron chi connectivity index (χ0n) is 20.3. The van der Waals surface area contributed by atoms with Crippen LogP contribution in [0.2, 0.25) is 10.0 Å². The van der Waals surface area contributed by atoms with E-state index in [1.807, 2.05) is 71.6 Å². The highest BCUT2D eigenvalue weighted by molar-refractivity contribution is 6.31.